The van der Waals surface area contributed by atoms with Gasteiger partial charge in [-0.05, 0) is 38.1 Å². The third kappa shape index (κ3) is 1.97. The van der Waals surface area contributed by atoms with E-state index in [0.29, 0.717) is 5.82 Å². The Morgan fingerprint density at radius 3 is 2.79 bits per heavy atom. The first-order valence-electron chi connectivity index (χ1n) is 6.24. The molecule has 19 heavy (non-hydrogen) atoms. The summed E-state index contributed by atoms with van der Waals surface area (Å²) in [6.07, 6.45) is 0.151. The molecule has 0 saturated carbocycles. The highest BCUT2D eigenvalue weighted by Gasteiger charge is 2.09. The fourth-order valence-electron chi connectivity index (χ4n) is 2.19. The fraction of sp³-hybridized carbons (Fsp3) is 0.286. The number of nitrogen functional groups attached to an aromatic ring is 1. The van der Waals surface area contributed by atoms with Crippen LogP contribution in [0, 0.1) is 0 Å². The first kappa shape index (κ1) is 11.8. The summed E-state index contributed by atoms with van der Waals surface area (Å²) in [5.74, 6) is 1.34. The summed E-state index contributed by atoms with van der Waals surface area (Å²) >= 11 is 0. The third-order valence-corrected chi connectivity index (χ3v) is 2.98. The van der Waals surface area contributed by atoms with Crippen LogP contribution in [0.4, 0.5) is 5.82 Å². The maximum atomic E-state index is 5.88. The van der Waals surface area contributed by atoms with Gasteiger partial charge >= 0.3 is 0 Å². The fourth-order valence-corrected chi connectivity index (χ4v) is 2.19. The smallest absolute Gasteiger partial charge is 0.160 e. The zero-order valence-corrected chi connectivity index (χ0v) is 11.2. The topological polar surface area (TPSA) is 66.0 Å². The van der Waals surface area contributed by atoms with Gasteiger partial charge < -0.3 is 10.5 Å². The molecule has 0 radical (unpaired) electrons. The van der Waals surface area contributed by atoms with Gasteiger partial charge in [-0.2, -0.15) is 5.10 Å². The van der Waals surface area contributed by atoms with Crippen LogP contribution < -0.4 is 10.5 Å². The molecular formula is C14H16N4O. The second-order valence-electron chi connectivity index (χ2n) is 4.89. The lowest BCUT2D eigenvalue weighted by atomic mass is 10.2. The maximum Gasteiger partial charge on any atom is 0.160 e. The molecule has 0 fully saturated rings. The van der Waals surface area contributed by atoms with Crippen molar-refractivity contribution in [1.82, 2.24) is 14.8 Å². The van der Waals surface area contributed by atoms with Gasteiger partial charge in [0.2, 0.25) is 0 Å². The molecule has 98 valence electrons. The van der Waals surface area contributed by atoms with Crippen LogP contribution in [0.2, 0.25) is 0 Å². The summed E-state index contributed by atoms with van der Waals surface area (Å²) in [6, 6.07) is 7.87. The summed E-state index contributed by atoms with van der Waals surface area (Å²) in [7, 11) is 1.84. The van der Waals surface area contributed by atoms with Crippen molar-refractivity contribution in [3.8, 4) is 5.75 Å². The normalized spacial score (nSPS) is 11.6. The van der Waals surface area contributed by atoms with Crippen LogP contribution in [0.3, 0.4) is 0 Å². The van der Waals surface area contributed by atoms with Gasteiger partial charge in [-0.25, -0.2) is 9.67 Å². The third-order valence-electron chi connectivity index (χ3n) is 2.98. The molecule has 0 aliphatic rings. The van der Waals surface area contributed by atoms with Crippen molar-refractivity contribution in [3.05, 3.63) is 24.3 Å². The van der Waals surface area contributed by atoms with Crippen LogP contribution in [0.1, 0.15) is 13.8 Å². The molecule has 0 aliphatic heterocycles. The van der Waals surface area contributed by atoms with Crippen LogP contribution >= 0.6 is 0 Å². The van der Waals surface area contributed by atoms with E-state index in [9.17, 15) is 0 Å². The van der Waals surface area contributed by atoms with Gasteiger partial charge in [0.25, 0.3) is 0 Å². The number of nitrogens with two attached hydrogens (primary N) is 1. The van der Waals surface area contributed by atoms with E-state index in [4.69, 9.17) is 10.5 Å². The summed E-state index contributed by atoms with van der Waals surface area (Å²) in [6.45, 7) is 4.01. The molecule has 3 aromatic rings. The standard InChI is InChI=1S/C14H16N4O/c1-8(2)19-10-4-5-12-9(6-10)7-11-13(15)17-18(3)14(11)16-12/h4-8H,1-3H3,(H2,15,17). The first-order valence-corrected chi connectivity index (χ1v) is 6.24. The van der Waals surface area contributed by atoms with Gasteiger partial charge in [-0.3, -0.25) is 0 Å². The van der Waals surface area contributed by atoms with Gasteiger partial charge in [-0.15, -0.1) is 0 Å². The highest BCUT2D eigenvalue weighted by molar-refractivity contribution is 5.96. The highest BCUT2D eigenvalue weighted by atomic mass is 16.5. The van der Waals surface area contributed by atoms with E-state index in [2.05, 4.69) is 10.1 Å². The second-order valence-corrected chi connectivity index (χ2v) is 4.89. The van der Waals surface area contributed by atoms with Crippen molar-refractivity contribution in [1.29, 1.82) is 0 Å². The number of benzene rings is 1. The number of ether oxygens (including phenoxy) is 1. The summed E-state index contributed by atoms with van der Waals surface area (Å²) in [5.41, 5.74) is 7.59. The summed E-state index contributed by atoms with van der Waals surface area (Å²) < 4.78 is 7.39. The Bertz CT molecular complexity index is 761. The first-order chi connectivity index (χ1) is 9.04. The molecular weight excluding hydrogens is 240 g/mol. The summed E-state index contributed by atoms with van der Waals surface area (Å²) in [5, 5.41) is 6.06. The van der Waals surface area contributed by atoms with Gasteiger partial charge in [0, 0.05) is 12.4 Å². The van der Waals surface area contributed by atoms with E-state index in [1.54, 1.807) is 4.68 Å². The highest BCUT2D eigenvalue weighted by Crippen LogP contribution is 2.26. The minimum Gasteiger partial charge on any atom is -0.491 e. The van der Waals surface area contributed by atoms with E-state index in [0.717, 1.165) is 27.7 Å². The van der Waals surface area contributed by atoms with E-state index in [-0.39, 0.29) is 6.10 Å². The van der Waals surface area contributed by atoms with Crippen LogP contribution in [0.25, 0.3) is 21.9 Å². The van der Waals surface area contributed by atoms with E-state index >= 15 is 0 Å². The molecule has 2 heterocycles. The van der Waals surface area contributed by atoms with Crippen molar-refractivity contribution in [2.75, 3.05) is 5.73 Å². The Kier molecular flexibility index (Phi) is 2.55. The molecule has 0 amide bonds. The Morgan fingerprint density at radius 2 is 2.05 bits per heavy atom. The lowest BCUT2D eigenvalue weighted by molar-refractivity contribution is 0.243. The molecule has 2 N–H and O–H groups in total. The van der Waals surface area contributed by atoms with Crippen molar-refractivity contribution in [2.24, 2.45) is 7.05 Å². The largest absolute Gasteiger partial charge is 0.491 e. The Labute approximate surface area is 111 Å². The second kappa shape index (κ2) is 4.12. The monoisotopic (exact) mass is 256 g/mol. The molecule has 0 saturated heterocycles. The molecule has 1 aromatic carbocycles. The molecule has 0 unspecified atom stereocenters. The number of anilines is 1. The molecule has 5 nitrogen and oxygen atoms in total. The molecule has 0 bridgehead atoms. The molecule has 0 aliphatic carbocycles. The Hall–Kier alpha value is -2.30. The van der Waals surface area contributed by atoms with Crippen molar-refractivity contribution in [3.63, 3.8) is 0 Å². The molecule has 2 aromatic heterocycles. The number of hydrogen-bond donors (Lipinski definition) is 1. The van der Waals surface area contributed by atoms with E-state index in [1.807, 2.05) is 45.2 Å². The minimum atomic E-state index is 0.151. The maximum absolute atomic E-state index is 5.88. The predicted molar refractivity (Wildman–Crippen MR) is 76.2 cm³/mol. The van der Waals surface area contributed by atoms with E-state index in [1.165, 1.54) is 0 Å². The van der Waals surface area contributed by atoms with Gasteiger partial charge in [-0.1, -0.05) is 0 Å². The van der Waals surface area contributed by atoms with Crippen molar-refractivity contribution < 1.29 is 4.74 Å². The number of fused-ring (bicyclic) bond motifs is 2. The number of hydrogen-bond acceptors (Lipinski definition) is 4. The number of rotatable bonds is 2. The van der Waals surface area contributed by atoms with Crippen LogP contribution in [-0.4, -0.2) is 20.9 Å². The molecule has 5 heteroatoms. The number of aryl methyl sites for hydroxylation is 1. The van der Waals surface area contributed by atoms with E-state index < -0.39 is 0 Å². The minimum absolute atomic E-state index is 0.151. The zero-order valence-electron chi connectivity index (χ0n) is 11.2. The van der Waals surface area contributed by atoms with Crippen molar-refractivity contribution in [2.45, 2.75) is 20.0 Å². The Balaban J connectivity index is 2.22. The van der Waals surface area contributed by atoms with Gasteiger partial charge in [0.1, 0.15) is 5.75 Å². The summed E-state index contributed by atoms with van der Waals surface area (Å²) in [4.78, 5) is 4.58. The SMILES string of the molecule is CC(C)Oc1ccc2nc3c(cc2c1)c(N)nn3C. The lowest BCUT2D eigenvalue weighted by Crippen LogP contribution is -2.05. The predicted octanol–water partition coefficient (Wildman–Crippen LogP) is 2.49. The number of aromatic nitrogens is 3. The number of nitrogens with zero attached hydrogens (tertiary/aromatic N) is 3. The average molecular weight is 256 g/mol. The van der Waals surface area contributed by atoms with Crippen LogP contribution in [0.15, 0.2) is 24.3 Å². The Morgan fingerprint density at radius 1 is 1.26 bits per heavy atom. The average Bonchev–Trinajstić information content (AvgIpc) is 2.61. The van der Waals surface area contributed by atoms with Gasteiger partial charge in [0.05, 0.1) is 17.0 Å². The molecule has 0 atom stereocenters. The van der Waals surface area contributed by atoms with Crippen molar-refractivity contribution >= 4 is 27.8 Å². The van der Waals surface area contributed by atoms with Crippen LogP contribution in [0.5, 0.6) is 5.75 Å². The molecule has 3 rings (SSSR count). The molecule has 0 spiro atoms. The van der Waals surface area contributed by atoms with Crippen LogP contribution in [-0.2, 0) is 7.05 Å². The zero-order chi connectivity index (χ0) is 13.6. The quantitative estimate of drug-likeness (QED) is 0.765. The lowest BCUT2D eigenvalue weighted by Gasteiger charge is -2.10. The van der Waals surface area contributed by atoms with Gasteiger partial charge in [0.15, 0.2) is 11.5 Å². The number of pyridine rings is 1.